The summed E-state index contributed by atoms with van der Waals surface area (Å²) in [4.78, 5) is 0. The molecular formula is C11H25N3O2S. The van der Waals surface area contributed by atoms with Gasteiger partial charge in [-0.05, 0) is 25.7 Å². The van der Waals surface area contributed by atoms with E-state index in [-0.39, 0.29) is 12.1 Å². The largest absolute Gasteiger partial charge is 0.329 e. The van der Waals surface area contributed by atoms with Crippen molar-refractivity contribution in [2.45, 2.75) is 58.0 Å². The van der Waals surface area contributed by atoms with Crippen LogP contribution in [-0.4, -0.2) is 37.9 Å². The van der Waals surface area contributed by atoms with Gasteiger partial charge in [0.15, 0.2) is 0 Å². The van der Waals surface area contributed by atoms with Crippen molar-refractivity contribution in [2.75, 3.05) is 13.1 Å². The number of nitrogens with two attached hydrogens (primary N) is 1. The van der Waals surface area contributed by atoms with Crippen molar-refractivity contribution in [3.8, 4) is 0 Å². The Bertz CT molecular complexity index is 315. The Hall–Kier alpha value is -0.170. The number of nitrogens with zero attached hydrogens (tertiary/aromatic N) is 1. The molecule has 3 N–H and O–H groups in total. The molecule has 6 heteroatoms. The summed E-state index contributed by atoms with van der Waals surface area (Å²) >= 11 is 0. The third kappa shape index (κ3) is 3.91. The van der Waals surface area contributed by atoms with E-state index in [0.717, 1.165) is 32.1 Å². The van der Waals surface area contributed by atoms with E-state index in [9.17, 15) is 8.42 Å². The molecule has 0 aromatic carbocycles. The van der Waals surface area contributed by atoms with Gasteiger partial charge in [0.25, 0.3) is 10.2 Å². The van der Waals surface area contributed by atoms with Gasteiger partial charge in [-0.3, -0.25) is 0 Å². The monoisotopic (exact) mass is 263 g/mol. The van der Waals surface area contributed by atoms with E-state index in [4.69, 9.17) is 5.73 Å². The lowest BCUT2D eigenvalue weighted by atomic mass is 10.1. The molecule has 0 radical (unpaired) electrons. The summed E-state index contributed by atoms with van der Waals surface area (Å²) in [6, 6.07) is -0.00374. The summed E-state index contributed by atoms with van der Waals surface area (Å²) in [6.45, 7) is 4.99. The van der Waals surface area contributed by atoms with Gasteiger partial charge in [-0.2, -0.15) is 17.4 Å². The van der Waals surface area contributed by atoms with Crippen LogP contribution < -0.4 is 10.5 Å². The van der Waals surface area contributed by atoms with Crippen LogP contribution in [0, 0.1) is 0 Å². The van der Waals surface area contributed by atoms with Crippen LogP contribution in [0.4, 0.5) is 0 Å². The van der Waals surface area contributed by atoms with Crippen LogP contribution in [0.25, 0.3) is 0 Å². The summed E-state index contributed by atoms with van der Waals surface area (Å²) in [6.07, 6.45) is 4.51. The zero-order valence-electron chi connectivity index (χ0n) is 10.9. The van der Waals surface area contributed by atoms with E-state index in [1.807, 2.05) is 13.8 Å². The minimum absolute atomic E-state index is 0.0281. The van der Waals surface area contributed by atoms with E-state index < -0.39 is 10.2 Å². The van der Waals surface area contributed by atoms with Gasteiger partial charge in [-0.25, -0.2) is 0 Å². The molecule has 1 atom stereocenters. The third-order valence-electron chi connectivity index (χ3n) is 3.46. The first-order chi connectivity index (χ1) is 8.05. The van der Waals surface area contributed by atoms with Crippen LogP contribution in [0.15, 0.2) is 0 Å². The number of hydrogen-bond donors (Lipinski definition) is 2. The van der Waals surface area contributed by atoms with Crippen molar-refractivity contribution in [1.29, 1.82) is 0 Å². The van der Waals surface area contributed by atoms with Crippen LogP contribution in [0.5, 0.6) is 0 Å². The first-order valence-electron chi connectivity index (χ1n) is 6.54. The highest BCUT2D eigenvalue weighted by Gasteiger charge is 2.32. The number of nitrogens with one attached hydrogen (secondary N) is 1. The zero-order valence-corrected chi connectivity index (χ0v) is 11.7. The van der Waals surface area contributed by atoms with Crippen molar-refractivity contribution in [1.82, 2.24) is 9.03 Å². The highest BCUT2D eigenvalue weighted by molar-refractivity contribution is 7.87. The Morgan fingerprint density at radius 1 is 1.35 bits per heavy atom. The Labute approximate surface area is 105 Å². The highest BCUT2D eigenvalue weighted by atomic mass is 32.2. The normalized spacial score (nSPS) is 23.2. The van der Waals surface area contributed by atoms with E-state index >= 15 is 0 Å². The summed E-state index contributed by atoms with van der Waals surface area (Å²) in [7, 11) is -3.36. The predicted molar refractivity (Wildman–Crippen MR) is 69.8 cm³/mol. The van der Waals surface area contributed by atoms with Gasteiger partial charge >= 0.3 is 0 Å². The lowest BCUT2D eigenvalue weighted by Crippen LogP contribution is -2.53. The first-order valence-corrected chi connectivity index (χ1v) is 7.98. The van der Waals surface area contributed by atoms with Gasteiger partial charge in [0.1, 0.15) is 0 Å². The molecule has 0 spiro atoms. The molecule has 0 bridgehead atoms. The molecule has 0 amide bonds. The molecule has 0 aromatic rings. The van der Waals surface area contributed by atoms with Crippen LogP contribution in [-0.2, 0) is 10.2 Å². The lowest BCUT2D eigenvalue weighted by molar-refractivity contribution is 0.252. The van der Waals surface area contributed by atoms with Gasteiger partial charge in [0.05, 0.1) is 0 Å². The number of rotatable bonds is 6. The molecule has 17 heavy (non-hydrogen) atoms. The molecular weight excluding hydrogens is 238 g/mol. The SMILES string of the molecule is CCC(CC)NS(=O)(=O)N1CCCCC1CN. The lowest BCUT2D eigenvalue weighted by Gasteiger charge is -2.34. The number of piperidine rings is 1. The Balaban J connectivity index is 2.73. The standard InChI is InChI=1S/C11H25N3O2S/c1-3-10(4-2)13-17(15,16)14-8-6-5-7-11(14)9-12/h10-11,13H,3-9,12H2,1-2H3. The fourth-order valence-corrected chi connectivity index (χ4v) is 4.10. The molecule has 0 aromatic heterocycles. The maximum Gasteiger partial charge on any atom is 0.279 e. The molecule has 0 saturated carbocycles. The zero-order chi connectivity index (χ0) is 12.9. The minimum Gasteiger partial charge on any atom is -0.329 e. The van der Waals surface area contributed by atoms with Crippen molar-refractivity contribution in [2.24, 2.45) is 5.73 Å². The first kappa shape index (κ1) is 14.9. The molecule has 1 heterocycles. The molecule has 1 aliphatic rings. The summed E-state index contributed by atoms with van der Waals surface area (Å²) < 4.78 is 28.8. The van der Waals surface area contributed by atoms with Gasteiger partial charge in [-0.1, -0.05) is 20.3 Å². The molecule has 0 aliphatic carbocycles. The van der Waals surface area contributed by atoms with Gasteiger partial charge < -0.3 is 5.73 Å². The second-order valence-electron chi connectivity index (χ2n) is 4.63. The fourth-order valence-electron chi connectivity index (χ4n) is 2.26. The smallest absolute Gasteiger partial charge is 0.279 e. The van der Waals surface area contributed by atoms with Gasteiger partial charge in [0.2, 0.25) is 0 Å². The summed E-state index contributed by atoms with van der Waals surface area (Å²) in [5, 5.41) is 0. The van der Waals surface area contributed by atoms with Crippen LogP contribution >= 0.6 is 0 Å². The molecule has 1 aliphatic heterocycles. The van der Waals surface area contributed by atoms with Crippen molar-refractivity contribution in [3.05, 3.63) is 0 Å². The quantitative estimate of drug-likeness (QED) is 0.745. The average Bonchev–Trinajstić information content (AvgIpc) is 2.35. The highest BCUT2D eigenvalue weighted by Crippen LogP contribution is 2.19. The van der Waals surface area contributed by atoms with Crippen LogP contribution in [0.1, 0.15) is 46.0 Å². The van der Waals surface area contributed by atoms with E-state index in [1.165, 1.54) is 0 Å². The van der Waals surface area contributed by atoms with E-state index in [2.05, 4.69) is 4.72 Å². The van der Waals surface area contributed by atoms with Crippen molar-refractivity contribution < 1.29 is 8.42 Å². The molecule has 102 valence electrons. The van der Waals surface area contributed by atoms with Crippen LogP contribution in [0.3, 0.4) is 0 Å². The maximum absolute atomic E-state index is 12.2. The average molecular weight is 263 g/mol. The van der Waals surface area contributed by atoms with E-state index in [0.29, 0.717) is 13.1 Å². The molecule has 1 rings (SSSR count). The second kappa shape index (κ2) is 6.68. The summed E-state index contributed by atoms with van der Waals surface area (Å²) in [5.74, 6) is 0. The van der Waals surface area contributed by atoms with Crippen molar-refractivity contribution >= 4 is 10.2 Å². The Morgan fingerprint density at radius 2 is 2.00 bits per heavy atom. The Kier molecular flexibility index (Phi) is 5.85. The number of hydrogen-bond acceptors (Lipinski definition) is 3. The topological polar surface area (TPSA) is 75.4 Å². The molecule has 1 fully saturated rings. The van der Waals surface area contributed by atoms with Crippen LogP contribution in [0.2, 0.25) is 0 Å². The predicted octanol–water partition coefficient (Wildman–Crippen LogP) is 0.823. The fraction of sp³-hybridized carbons (Fsp3) is 1.00. The minimum atomic E-state index is -3.36. The molecule has 5 nitrogen and oxygen atoms in total. The maximum atomic E-state index is 12.2. The van der Waals surface area contributed by atoms with Gasteiger partial charge in [-0.15, -0.1) is 0 Å². The van der Waals surface area contributed by atoms with Gasteiger partial charge in [0, 0.05) is 25.2 Å². The molecule has 1 saturated heterocycles. The third-order valence-corrected chi connectivity index (χ3v) is 5.18. The Morgan fingerprint density at radius 3 is 2.53 bits per heavy atom. The second-order valence-corrected chi connectivity index (χ2v) is 6.29. The van der Waals surface area contributed by atoms with Crippen molar-refractivity contribution in [3.63, 3.8) is 0 Å². The summed E-state index contributed by atoms with van der Waals surface area (Å²) in [5.41, 5.74) is 5.65. The molecule has 1 unspecified atom stereocenters. The van der Waals surface area contributed by atoms with E-state index in [1.54, 1.807) is 4.31 Å².